The van der Waals surface area contributed by atoms with Gasteiger partial charge in [-0.25, -0.2) is 0 Å². The number of carbonyl (C=O) groups is 2. The zero-order valence-corrected chi connectivity index (χ0v) is 16.1. The number of thiophene rings is 1. The third-order valence-electron chi connectivity index (χ3n) is 4.34. The first-order valence-corrected chi connectivity index (χ1v) is 10.3. The number of benzene rings is 1. The van der Waals surface area contributed by atoms with E-state index in [9.17, 15) is 9.59 Å². The van der Waals surface area contributed by atoms with Crippen LogP contribution in [0.2, 0.25) is 0 Å². The van der Waals surface area contributed by atoms with Gasteiger partial charge in [0.2, 0.25) is 11.8 Å². The van der Waals surface area contributed by atoms with Gasteiger partial charge in [0.25, 0.3) is 0 Å². The first-order chi connectivity index (χ1) is 12.1. The molecule has 132 valence electrons. The lowest BCUT2D eigenvalue weighted by Gasteiger charge is -2.35. The lowest BCUT2D eigenvalue weighted by molar-refractivity contribution is -0.131. The molecule has 1 N–H and O–H groups in total. The van der Waals surface area contributed by atoms with Gasteiger partial charge in [-0.1, -0.05) is 6.92 Å². The Kier molecular flexibility index (Phi) is 5.81. The molecule has 0 fully saturated rings. The van der Waals surface area contributed by atoms with Gasteiger partial charge in [0.05, 0.1) is 11.8 Å². The Hall–Kier alpha value is -1.79. The molecule has 2 aromatic rings. The number of amides is 2. The average Bonchev–Trinajstić information content (AvgIpc) is 3.08. The minimum atomic E-state index is -0.0842. The molecule has 0 spiro atoms. The summed E-state index contributed by atoms with van der Waals surface area (Å²) in [5.74, 6) is 0.550. The first-order valence-electron chi connectivity index (χ1n) is 8.44. The predicted octanol–water partition coefficient (Wildman–Crippen LogP) is 4.33. The lowest BCUT2D eigenvalue weighted by Crippen LogP contribution is -2.40. The average molecular weight is 375 g/mol. The molecule has 0 radical (unpaired) electrons. The maximum Gasteiger partial charge on any atom is 0.233 e. The molecular formula is C19H22N2O2S2. The molecule has 2 heterocycles. The molecule has 6 heteroatoms. The smallest absolute Gasteiger partial charge is 0.233 e. The van der Waals surface area contributed by atoms with Crippen LogP contribution >= 0.6 is 23.1 Å². The zero-order valence-electron chi connectivity index (χ0n) is 14.5. The van der Waals surface area contributed by atoms with Crippen LogP contribution in [0.15, 0.2) is 40.6 Å². The monoisotopic (exact) mass is 374 g/mol. The van der Waals surface area contributed by atoms with Gasteiger partial charge in [-0.15, -0.1) is 23.1 Å². The van der Waals surface area contributed by atoms with Crippen molar-refractivity contribution in [2.45, 2.75) is 37.6 Å². The number of fused-ring (bicyclic) bond motifs is 1. The van der Waals surface area contributed by atoms with Crippen molar-refractivity contribution in [2.75, 3.05) is 17.6 Å². The van der Waals surface area contributed by atoms with Crippen LogP contribution in [0.5, 0.6) is 0 Å². The highest BCUT2D eigenvalue weighted by Crippen LogP contribution is 2.35. The summed E-state index contributed by atoms with van der Waals surface area (Å²) in [5, 5.41) is 4.88. The maximum absolute atomic E-state index is 12.7. The molecule has 2 amide bonds. The third kappa shape index (κ3) is 4.25. The minimum Gasteiger partial charge on any atom is -0.335 e. The van der Waals surface area contributed by atoms with Gasteiger partial charge in [0.15, 0.2) is 0 Å². The lowest BCUT2D eigenvalue weighted by atomic mass is 9.98. The Bertz CT molecular complexity index is 755. The van der Waals surface area contributed by atoms with E-state index in [2.05, 4.69) is 23.7 Å². The molecule has 1 aromatic carbocycles. The molecule has 25 heavy (non-hydrogen) atoms. The van der Waals surface area contributed by atoms with E-state index in [0.717, 1.165) is 30.0 Å². The Morgan fingerprint density at radius 2 is 2.04 bits per heavy atom. The van der Waals surface area contributed by atoms with Crippen molar-refractivity contribution in [2.24, 2.45) is 0 Å². The van der Waals surface area contributed by atoms with Crippen molar-refractivity contribution in [1.82, 2.24) is 4.90 Å². The summed E-state index contributed by atoms with van der Waals surface area (Å²) in [6.07, 6.45) is 1.91. The Morgan fingerprint density at radius 1 is 1.28 bits per heavy atom. The summed E-state index contributed by atoms with van der Waals surface area (Å²) in [5.41, 5.74) is 2.10. The second-order valence-corrected chi connectivity index (χ2v) is 8.10. The van der Waals surface area contributed by atoms with Crippen LogP contribution in [0.4, 0.5) is 5.69 Å². The van der Waals surface area contributed by atoms with Gasteiger partial charge in [0.1, 0.15) is 0 Å². The number of carbonyl (C=O) groups excluding carboxylic acids is 2. The van der Waals surface area contributed by atoms with Crippen molar-refractivity contribution in [3.8, 4) is 0 Å². The van der Waals surface area contributed by atoms with E-state index in [1.54, 1.807) is 23.1 Å². The molecule has 0 saturated heterocycles. The fraction of sp³-hybridized carbons (Fsp3) is 0.368. The van der Waals surface area contributed by atoms with Crippen LogP contribution < -0.4 is 5.32 Å². The van der Waals surface area contributed by atoms with E-state index in [1.807, 2.05) is 29.2 Å². The Labute approximate surface area is 156 Å². The summed E-state index contributed by atoms with van der Waals surface area (Å²) in [7, 11) is 0. The van der Waals surface area contributed by atoms with Crippen LogP contribution in [-0.2, 0) is 16.0 Å². The van der Waals surface area contributed by atoms with E-state index >= 15 is 0 Å². The van der Waals surface area contributed by atoms with Gasteiger partial charge < -0.3 is 10.2 Å². The van der Waals surface area contributed by atoms with Gasteiger partial charge in [0, 0.05) is 28.9 Å². The Balaban J connectivity index is 1.60. The van der Waals surface area contributed by atoms with Gasteiger partial charge in [-0.05, 0) is 54.1 Å². The first kappa shape index (κ1) is 18.0. The number of hydrogen-bond donors (Lipinski definition) is 1. The molecular weight excluding hydrogens is 352 g/mol. The number of rotatable bonds is 5. The molecule has 1 atom stereocenters. The minimum absolute atomic E-state index is 0.0842. The predicted molar refractivity (Wildman–Crippen MR) is 104 cm³/mol. The number of anilines is 1. The van der Waals surface area contributed by atoms with Crippen molar-refractivity contribution in [3.63, 3.8) is 0 Å². The summed E-state index contributed by atoms with van der Waals surface area (Å²) >= 11 is 3.35. The van der Waals surface area contributed by atoms with Crippen molar-refractivity contribution < 1.29 is 9.59 Å². The zero-order chi connectivity index (χ0) is 17.8. The molecule has 0 unspecified atom stereocenters. The molecule has 1 aliphatic heterocycles. The van der Waals surface area contributed by atoms with E-state index in [0.29, 0.717) is 5.75 Å². The summed E-state index contributed by atoms with van der Waals surface area (Å²) in [6.45, 7) is 4.45. The number of nitrogens with zero attached hydrogens (tertiary/aromatic N) is 1. The SMILES string of the molecule is CC[C@@H]1c2ccsc2CCN1C(=O)CSc1ccc(NC(C)=O)cc1. The fourth-order valence-electron chi connectivity index (χ4n) is 3.20. The highest BCUT2D eigenvalue weighted by atomic mass is 32.2. The third-order valence-corrected chi connectivity index (χ3v) is 6.33. The number of thioether (sulfide) groups is 1. The fourth-order valence-corrected chi connectivity index (χ4v) is 4.91. The largest absolute Gasteiger partial charge is 0.335 e. The highest BCUT2D eigenvalue weighted by molar-refractivity contribution is 8.00. The van der Waals surface area contributed by atoms with E-state index < -0.39 is 0 Å². The van der Waals surface area contributed by atoms with Gasteiger partial charge >= 0.3 is 0 Å². The number of hydrogen-bond acceptors (Lipinski definition) is 4. The maximum atomic E-state index is 12.7. The normalized spacial score (nSPS) is 16.4. The second kappa shape index (κ2) is 8.06. The van der Waals surface area contributed by atoms with Crippen molar-refractivity contribution in [1.29, 1.82) is 0 Å². The van der Waals surface area contributed by atoms with Crippen molar-refractivity contribution in [3.05, 3.63) is 46.2 Å². The highest BCUT2D eigenvalue weighted by Gasteiger charge is 2.29. The number of nitrogens with one attached hydrogen (secondary N) is 1. The molecule has 0 aliphatic carbocycles. The molecule has 1 aromatic heterocycles. The molecule has 0 bridgehead atoms. The molecule has 4 nitrogen and oxygen atoms in total. The molecule has 1 aliphatic rings. The van der Waals surface area contributed by atoms with E-state index in [-0.39, 0.29) is 17.9 Å². The summed E-state index contributed by atoms with van der Waals surface area (Å²) in [4.78, 5) is 28.3. The van der Waals surface area contributed by atoms with Crippen LogP contribution in [0.1, 0.15) is 36.8 Å². The van der Waals surface area contributed by atoms with Crippen LogP contribution in [-0.4, -0.2) is 29.0 Å². The van der Waals surface area contributed by atoms with Gasteiger partial charge in [-0.3, -0.25) is 9.59 Å². The standard InChI is InChI=1S/C19H22N2O2S2/c1-3-17-16-9-11-24-18(16)8-10-21(17)19(23)12-25-15-6-4-14(5-7-15)20-13(2)22/h4-7,9,11,17H,3,8,10,12H2,1-2H3,(H,20,22)/t17-/m1/s1. The van der Waals surface area contributed by atoms with Crippen LogP contribution in [0.25, 0.3) is 0 Å². The van der Waals surface area contributed by atoms with E-state index in [1.165, 1.54) is 17.4 Å². The molecule has 3 rings (SSSR count). The van der Waals surface area contributed by atoms with Crippen molar-refractivity contribution >= 4 is 40.6 Å². The quantitative estimate of drug-likeness (QED) is 0.792. The van der Waals surface area contributed by atoms with Gasteiger partial charge in [-0.2, -0.15) is 0 Å². The van der Waals surface area contributed by atoms with Crippen LogP contribution in [0.3, 0.4) is 0 Å². The molecule has 0 saturated carbocycles. The summed E-state index contributed by atoms with van der Waals surface area (Å²) in [6, 6.07) is 9.98. The van der Waals surface area contributed by atoms with Crippen LogP contribution in [0, 0.1) is 0 Å². The summed E-state index contributed by atoms with van der Waals surface area (Å²) < 4.78 is 0. The second-order valence-electron chi connectivity index (χ2n) is 6.05. The Morgan fingerprint density at radius 3 is 2.72 bits per heavy atom. The van der Waals surface area contributed by atoms with E-state index in [4.69, 9.17) is 0 Å². The topological polar surface area (TPSA) is 49.4 Å².